The molecule has 0 atom stereocenters. The van der Waals surface area contributed by atoms with Crippen LogP contribution in [0.25, 0.3) is 11.5 Å². The second-order valence-corrected chi connectivity index (χ2v) is 3.91. The Morgan fingerprint density at radius 3 is 2.83 bits per heavy atom. The maximum atomic E-state index is 5.11. The Hall–Kier alpha value is -1.95. The van der Waals surface area contributed by atoms with Crippen molar-refractivity contribution in [2.75, 3.05) is 19.0 Å². The number of methoxy groups -OCH3 is 1. The summed E-state index contributed by atoms with van der Waals surface area (Å²) in [5, 5.41) is 7.49. The molecular weight excluding hydrogens is 230 g/mol. The van der Waals surface area contributed by atoms with Crippen LogP contribution in [0, 0.1) is 0 Å². The standard InChI is InChI=1S/C12H17N5O/c1-4-13-11-7-9(8-18-3)14-12(15-11)10-5-6-17(2)16-10/h5-7H,4,8H2,1-3H3,(H,13,14,15). The number of nitrogens with zero attached hydrogens (tertiary/aromatic N) is 4. The van der Waals surface area contributed by atoms with Gasteiger partial charge in [0.1, 0.15) is 11.5 Å². The van der Waals surface area contributed by atoms with Crippen LogP contribution in [0.2, 0.25) is 0 Å². The van der Waals surface area contributed by atoms with Crippen molar-refractivity contribution < 1.29 is 4.74 Å². The molecular formula is C12H17N5O. The highest BCUT2D eigenvalue weighted by Crippen LogP contribution is 2.16. The first-order chi connectivity index (χ1) is 8.72. The van der Waals surface area contributed by atoms with Gasteiger partial charge in [0.25, 0.3) is 0 Å². The molecule has 0 aliphatic carbocycles. The molecule has 2 aromatic heterocycles. The van der Waals surface area contributed by atoms with Crippen LogP contribution in [-0.4, -0.2) is 33.4 Å². The number of nitrogens with one attached hydrogen (secondary N) is 1. The summed E-state index contributed by atoms with van der Waals surface area (Å²) in [5.74, 6) is 1.40. The molecule has 18 heavy (non-hydrogen) atoms. The van der Waals surface area contributed by atoms with Crippen molar-refractivity contribution in [2.24, 2.45) is 7.05 Å². The van der Waals surface area contributed by atoms with Crippen molar-refractivity contribution in [1.29, 1.82) is 0 Å². The maximum absolute atomic E-state index is 5.11. The van der Waals surface area contributed by atoms with E-state index in [1.54, 1.807) is 11.8 Å². The van der Waals surface area contributed by atoms with Gasteiger partial charge in [-0.3, -0.25) is 4.68 Å². The minimum absolute atomic E-state index is 0.459. The zero-order valence-electron chi connectivity index (χ0n) is 10.8. The summed E-state index contributed by atoms with van der Waals surface area (Å²) in [7, 11) is 3.52. The highest BCUT2D eigenvalue weighted by atomic mass is 16.5. The lowest BCUT2D eigenvalue weighted by Crippen LogP contribution is -2.05. The number of aromatic nitrogens is 4. The molecule has 0 unspecified atom stereocenters. The Labute approximate surface area is 106 Å². The summed E-state index contributed by atoms with van der Waals surface area (Å²) < 4.78 is 6.84. The predicted molar refractivity (Wildman–Crippen MR) is 69.1 cm³/mol. The van der Waals surface area contributed by atoms with Gasteiger partial charge in [0.05, 0.1) is 12.3 Å². The van der Waals surface area contributed by atoms with Gasteiger partial charge in [-0.25, -0.2) is 9.97 Å². The fourth-order valence-electron chi connectivity index (χ4n) is 1.64. The zero-order chi connectivity index (χ0) is 13.0. The van der Waals surface area contributed by atoms with E-state index in [4.69, 9.17) is 4.74 Å². The third kappa shape index (κ3) is 2.84. The molecule has 1 N–H and O–H groups in total. The van der Waals surface area contributed by atoms with Crippen LogP contribution in [0.4, 0.5) is 5.82 Å². The molecule has 0 fully saturated rings. The van der Waals surface area contributed by atoms with Gasteiger partial charge >= 0.3 is 0 Å². The second-order valence-electron chi connectivity index (χ2n) is 3.91. The van der Waals surface area contributed by atoms with Gasteiger partial charge in [-0.05, 0) is 13.0 Å². The van der Waals surface area contributed by atoms with Gasteiger partial charge in [-0.1, -0.05) is 0 Å². The summed E-state index contributed by atoms with van der Waals surface area (Å²) in [4.78, 5) is 8.87. The third-order valence-corrected chi connectivity index (χ3v) is 2.37. The predicted octanol–water partition coefficient (Wildman–Crippen LogP) is 1.46. The fourth-order valence-corrected chi connectivity index (χ4v) is 1.64. The van der Waals surface area contributed by atoms with Gasteiger partial charge in [0, 0.05) is 33.0 Å². The van der Waals surface area contributed by atoms with E-state index in [-0.39, 0.29) is 0 Å². The molecule has 0 bridgehead atoms. The molecule has 2 aromatic rings. The smallest absolute Gasteiger partial charge is 0.182 e. The molecule has 2 rings (SSSR count). The van der Waals surface area contributed by atoms with Crippen molar-refractivity contribution in [1.82, 2.24) is 19.7 Å². The summed E-state index contributed by atoms with van der Waals surface area (Å²) in [6.45, 7) is 3.30. The molecule has 6 heteroatoms. The molecule has 0 aliphatic heterocycles. The quantitative estimate of drug-likeness (QED) is 0.866. The Morgan fingerprint density at radius 1 is 1.39 bits per heavy atom. The SMILES string of the molecule is CCNc1cc(COC)nc(-c2ccn(C)n2)n1. The fraction of sp³-hybridized carbons (Fsp3) is 0.417. The largest absolute Gasteiger partial charge is 0.378 e. The second kappa shape index (κ2) is 5.59. The maximum Gasteiger partial charge on any atom is 0.182 e. The molecule has 0 aromatic carbocycles. The lowest BCUT2D eigenvalue weighted by atomic mass is 10.3. The molecule has 0 saturated heterocycles. The average molecular weight is 247 g/mol. The van der Waals surface area contributed by atoms with E-state index in [2.05, 4.69) is 20.4 Å². The molecule has 2 heterocycles. The Kier molecular flexibility index (Phi) is 3.88. The van der Waals surface area contributed by atoms with Crippen LogP contribution in [-0.2, 0) is 18.4 Å². The topological polar surface area (TPSA) is 64.9 Å². The first kappa shape index (κ1) is 12.5. The normalized spacial score (nSPS) is 10.6. The summed E-state index contributed by atoms with van der Waals surface area (Å²) in [6.07, 6.45) is 1.87. The molecule has 0 spiro atoms. The van der Waals surface area contributed by atoms with Gasteiger partial charge in [-0.15, -0.1) is 0 Å². The Morgan fingerprint density at radius 2 is 2.22 bits per heavy atom. The number of rotatable bonds is 5. The van der Waals surface area contributed by atoms with Crippen molar-refractivity contribution in [3.63, 3.8) is 0 Å². The van der Waals surface area contributed by atoms with Crippen LogP contribution in [0.3, 0.4) is 0 Å². The zero-order valence-corrected chi connectivity index (χ0v) is 10.8. The van der Waals surface area contributed by atoms with Crippen LogP contribution in [0.5, 0.6) is 0 Å². The van der Waals surface area contributed by atoms with Crippen LogP contribution >= 0.6 is 0 Å². The van der Waals surface area contributed by atoms with E-state index in [9.17, 15) is 0 Å². The summed E-state index contributed by atoms with van der Waals surface area (Å²) in [6, 6.07) is 3.78. The van der Waals surface area contributed by atoms with E-state index in [1.807, 2.05) is 32.3 Å². The van der Waals surface area contributed by atoms with Crippen LogP contribution in [0.1, 0.15) is 12.6 Å². The van der Waals surface area contributed by atoms with E-state index in [0.717, 1.165) is 23.8 Å². The van der Waals surface area contributed by atoms with Crippen molar-refractivity contribution in [3.05, 3.63) is 24.0 Å². The molecule has 0 amide bonds. The monoisotopic (exact) mass is 247 g/mol. The number of hydrogen-bond acceptors (Lipinski definition) is 5. The number of hydrogen-bond donors (Lipinski definition) is 1. The lowest BCUT2D eigenvalue weighted by Gasteiger charge is -2.07. The number of ether oxygens (including phenoxy) is 1. The van der Waals surface area contributed by atoms with E-state index in [0.29, 0.717) is 12.4 Å². The van der Waals surface area contributed by atoms with Crippen molar-refractivity contribution >= 4 is 5.82 Å². The van der Waals surface area contributed by atoms with E-state index < -0.39 is 0 Å². The van der Waals surface area contributed by atoms with Gasteiger partial charge in [0.2, 0.25) is 0 Å². The Bertz CT molecular complexity index is 499. The molecule has 6 nitrogen and oxygen atoms in total. The van der Waals surface area contributed by atoms with E-state index in [1.165, 1.54) is 0 Å². The van der Waals surface area contributed by atoms with Gasteiger partial charge < -0.3 is 10.1 Å². The minimum atomic E-state index is 0.459. The summed E-state index contributed by atoms with van der Waals surface area (Å²) in [5.41, 5.74) is 1.60. The molecule has 0 aliphatic rings. The van der Waals surface area contributed by atoms with Crippen molar-refractivity contribution in [2.45, 2.75) is 13.5 Å². The number of anilines is 1. The minimum Gasteiger partial charge on any atom is -0.378 e. The molecule has 0 radical (unpaired) electrons. The first-order valence-electron chi connectivity index (χ1n) is 5.83. The molecule has 96 valence electrons. The van der Waals surface area contributed by atoms with Crippen LogP contribution < -0.4 is 5.32 Å². The average Bonchev–Trinajstić information content (AvgIpc) is 2.76. The lowest BCUT2D eigenvalue weighted by molar-refractivity contribution is 0.181. The molecule has 0 saturated carbocycles. The Balaban J connectivity index is 2.39. The van der Waals surface area contributed by atoms with E-state index >= 15 is 0 Å². The first-order valence-corrected chi connectivity index (χ1v) is 5.83. The highest BCUT2D eigenvalue weighted by Gasteiger charge is 2.08. The highest BCUT2D eigenvalue weighted by molar-refractivity contribution is 5.52. The number of aryl methyl sites for hydroxylation is 1. The van der Waals surface area contributed by atoms with Crippen molar-refractivity contribution in [3.8, 4) is 11.5 Å². The van der Waals surface area contributed by atoms with Gasteiger partial charge in [0.15, 0.2) is 5.82 Å². The van der Waals surface area contributed by atoms with Gasteiger partial charge in [-0.2, -0.15) is 5.10 Å². The van der Waals surface area contributed by atoms with Crippen LogP contribution in [0.15, 0.2) is 18.3 Å². The third-order valence-electron chi connectivity index (χ3n) is 2.37. The summed E-state index contributed by atoms with van der Waals surface area (Å²) >= 11 is 0.